The van der Waals surface area contributed by atoms with Crippen LogP contribution >= 0.6 is 23.2 Å². The van der Waals surface area contributed by atoms with E-state index in [9.17, 15) is 10.1 Å². The van der Waals surface area contributed by atoms with Gasteiger partial charge in [0.15, 0.2) is 0 Å². The van der Waals surface area contributed by atoms with Crippen molar-refractivity contribution in [2.24, 2.45) is 5.84 Å². The van der Waals surface area contributed by atoms with E-state index in [1.54, 1.807) is 12.1 Å². The van der Waals surface area contributed by atoms with Crippen molar-refractivity contribution in [2.75, 3.05) is 5.43 Å². The monoisotopic (exact) mass is 315 g/mol. The lowest BCUT2D eigenvalue weighted by Crippen LogP contribution is -2.11. The molecule has 104 valence electrons. The van der Waals surface area contributed by atoms with Gasteiger partial charge in [0.1, 0.15) is 17.0 Å². The number of aromatic nitrogens is 2. The molecule has 2 rings (SSSR count). The quantitative estimate of drug-likeness (QED) is 0.506. The van der Waals surface area contributed by atoms with E-state index in [1.165, 1.54) is 6.07 Å². The Labute approximate surface area is 122 Å². The van der Waals surface area contributed by atoms with Gasteiger partial charge in [0, 0.05) is 0 Å². The van der Waals surface area contributed by atoms with Crippen molar-refractivity contribution in [3.05, 3.63) is 44.6 Å². The molecular formula is C10H7Cl2N5O3. The highest BCUT2D eigenvalue weighted by Gasteiger charge is 2.20. The predicted octanol–water partition coefficient (Wildman–Crippen LogP) is 2.77. The van der Waals surface area contributed by atoms with Crippen LogP contribution in [0.1, 0.15) is 0 Å². The van der Waals surface area contributed by atoms with Crippen LogP contribution < -0.4 is 16.0 Å². The number of ether oxygens (including phenoxy) is 1. The van der Waals surface area contributed by atoms with E-state index in [0.717, 1.165) is 6.20 Å². The van der Waals surface area contributed by atoms with Crippen molar-refractivity contribution in [2.45, 2.75) is 0 Å². The third-order valence-corrected chi connectivity index (χ3v) is 2.99. The number of nitrogens with zero attached hydrogens (tertiary/aromatic N) is 3. The van der Waals surface area contributed by atoms with E-state index in [4.69, 9.17) is 33.8 Å². The van der Waals surface area contributed by atoms with E-state index in [2.05, 4.69) is 15.4 Å². The molecule has 0 aliphatic carbocycles. The van der Waals surface area contributed by atoms with Gasteiger partial charge in [0.2, 0.25) is 5.95 Å². The molecule has 10 heteroatoms. The highest BCUT2D eigenvalue weighted by atomic mass is 35.5. The zero-order chi connectivity index (χ0) is 14.7. The van der Waals surface area contributed by atoms with E-state index in [0.29, 0.717) is 0 Å². The fourth-order valence-electron chi connectivity index (χ4n) is 1.30. The molecule has 0 spiro atoms. The molecular weight excluding hydrogens is 309 g/mol. The second-order valence-electron chi connectivity index (χ2n) is 3.44. The van der Waals surface area contributed by atoms with Crippen LogP contribution in [-0.2, 0) is 0 Å². The van der Waals surface area contributed by atoms with Crippen molar-refractivity contribution in [1.29, 1.82) is 0 Å². The minimum absolute atomic E-state index is 0.0382. The summed E-state index contributed by atoms with van der Waals surface area (Å²) in [6.07, 6.45) is 0.968. The maximum Gasteiger partial charge on any atom is 0.349 e. The van der Waals surface area contributed by atoms with Crippen LogP contribution in [0.2, 0.25) is 10.0 Å². The summed E-state index contributed by atoms with van der Waals surface area (Å²) in [5, 5.41) is 11.3. The first kappa shape index (κ1) is 14.3. The third-order valence-electron chi connectivity index (χ3n) is 2.18. The summed E-state index contributed by atoms with van der Waals surface area (Å²) in [6, 6.07) is 4.63. The molecule has 0 atom stereocenters. The van der Waals surface area contributed by atoms with Gasteiger partial charge in [-0.1, -0.05) is 29.3 Å². The van der Waals surface area contributed by atoms with Crippen LogP contribution in [0.15, 0.2) is 24.4 Å². The van der Waals surface area contributed by atoms with Crippen molar-refractivity contribution in [1.82, 2.24) is 9.97 Å². The Morgan fingerprint density at radius 2 is 2.15 bits per heavy atom. The number of nitrogen functional groups attached to an aromatic ring is 1. The fraction of sp³-hybridized carbons (Fsp3) is 0. The zero-order valence-corrected chi connectivity index (χ0v) is 11.2. The van der Waals surface area contributed by atoms with E-state index in [-0.39, 0.29) is 27.6 Å². The van der Waals surface area contributed by atoms with Crippen molar-refractivity contribution < 1.29 is 9.66 Å². The molecule has 0 fully saturated rings. The molecule has 0 amide bonds. The molecule has 1 aromatic carbocycles. The average Bonchev–Trinajstić information content (AvgIpc) is 2.43. The summed E-state index contributed by atoms with van der Waals surface area (Å²) in [7, 11) is 0. The minimum Gasteiger partial charge on any atom is -0.432 e. The van der Waals surface area contributed by atoms with Gasteiger partial charge in [-0.3, -0.25) is 15.5 Å². The highest BCUT2D eigenvalue weighted by Crippen LogP contribution is 2.36. The van der Waals surface area contributed by atoms with Crippen molar-refractivity contribution in [3.8, 4) is 11.6 Å². The maximum absolute atomic E-state index is 10.9. The molecule has 0 aliphatic heterocycles. The van der Waals surface area contributed by atoms with Gasteiger partial charge in [0.05, 0.1) is 9.95 Å². The SMILES string of the molecule is NNc1ncc([N+](=O)[O-])c(Oc2cccc(Cl)c2Cl)n1. The molecule has 0 aliphatic rings. The first-order valence-corrected chi connectivity index (χ1v) is 5.88. The summed E-state index contributed by atoms with van der Waals surface area (Å²) in [6.45, 7) is 0. The zero-order valence-electron chi connectivity index (χ0n) is 9.71. The molecule has 1 aromatic heterocycles. The second kappa shape index (κ2) is 5.87. The van der Waals surface area contributed by atoms with Gasteiger partial charge in [-0.2, -0.15) is 4.98 Å². The van der Waals surface area contributed by atoms with Crippen LogP contribution in [0.4, 0.5) is 11.6 Å². The Balaban J connectivity index is 2.46. The number of hydrazine groups is 1. The van der Waals surface area contributed by atoms with Crippen LogP contribution in [0.5, 0.6) is 11.6 Å². The molecule has 0 saturated carbocycles. The van der Waals surface area contributed by atoms with Gasteiger partial charge >= 0.3 is 11.6 Å². The van der Waals surface area contributed by atoms with Crippen LogP contribution in [0.3, 0.4) is 0 Å². The third kappa shape index (κ3) is 2.87. The number of nitrogens with one attached hydrogen (secondary N) is 1. The van der Waals surface area contributed by atoms with Gasteiger partial charge in [-0.05, 0) is 12.1 Å². The Morgan fingerprint density at radius 3 is 2.80 bits per heavy atom. The first-order valence-electron chi connectivity index (χ1n) is 5.13. The summed E-state index contributed by atoms with van der Waals surface area (Å²) in [4.78, 5) is 17.6. The second-order valence-corrected chi connectivity index (χ2v) is 4.22. The van der Waals surface area contributed by atoms with Gasteiger partial charge in [-0.15, -0.1) is 0 Å². The lowest BCUT2D eigenvalue weighted by atomic mass is 10.3. The van der Waals surface area contributed by atoms with E-state index in [1.807, 2.05) is 0 Å². The Hall–Kier alpha value is -2.16. The van der Waals surface area contributed by atoms with Gasteiger partial charge in [-0.25, -0.2) is 10.8 Å². The summed E-state index contributed by atoms with van der Waals surface area (Å²) in [5.41, 5.74) is 1.73. The maximum atomic E-state index is 10.9. The van der Waals surface area contributed by atoms with Crippen LogP contribution in [0.25, 0.3) is 0 Å². The average molecular weight is 316 g/mol. The Bertz CT molecular complexity index is 667. The van der Waals surface area contributed by atoms with Crippen LogP contribution in [0, 0.1) is 10.1 Å². The van der Waals surface area contributed by atoms with Crippen LogP contribution in [-0.4, -0.2) is 14.9 Å². The van der Waals surface area contributed by atoms with Gasteiger partial charge < -0.3 is 4.74 Å². The lowest BCUT2D eigenvalue weighted by Gasteiger charge is -2.08. The molecule has 0 unspecified atom stereocenters. The summed E-state index contributed by atoms with van der Waals surface area (Å²) in [5.74, 6) is 4.93. The highest BCUT2D eigenvalue weighted by molar-refractivity contribution is 6.42. The predicted molar refractivity (Wildman–Crippen MR) is 73.0 cm³/mol. The first-order chi connectivity index (χ1) is 9.52. The van der Waals surface area contributed by atoms with Crippen molar-refractivity contribution >= 4 is 34.8 Å². The molecule has 8 nitrogen and oxygen atoms in total. The number of anilines is 1. The Kier molecular flexibility index (Phi) is 4.18. The normalized spacial score (nSPS) is 10.2. The molecule has 0 saturated heterocycles. The number of benzene rings is 1. The van der Waals surface area contributed by atoms with E-state index >= 15 is 0 Å². The van der Waals surface area contributed by atoms with Gasteiger partial charge in [0.25, 0.3) is 0 Å². The number of nitro groups is 1. The largest absolute Gasteiger partial charge is 0.432 e. The molecule has 3 N–H and O–H groups in total. The molecule has 0 bridgehead atoms. The summed E-state index contributed by atoms with van der Waals surface area (Å²) < 4.78 is 5.32. The number of hydrogen-bond acceptors (Lipinski definition) is 7. The number of hydrogen-bond donors (Lipinski definition) is 2. The topological polar surface area (TPSA) is 116 Å². The molecule has 2 aromatic rings. The molecule has 0 radical (unpaired) electrons. The smallest absolute Gasteiger partial charge is 0.349 e. The van der Waals surface area contributed by atoms with Crippen molar-refractivity contribution in [3.63, 3.8) is 0 Å². The Morgan fingerprint density at radius 1 is 1.40 bits per heavy atom. The lowest BCUT2D eigenvalue weighted by molar-refractivity contribution is -0.386. The fourth-order valence-corrected chi connectivity index (χ4v) is 1.63. The standard InChI is InChI=1S/C10H7Cl2N5O3/c11-5-2-1-3-7(8(5)12)20-9-6(17(18)19)4-14-10(15-9)16-13/h1-4H,13H2,(H,14,15,16). The van der Waals surface area contributed by atoms with E-state index < -0.39 is 10.6 Å². The number of halogens is 2. The molecule has 20 heavy (non-hydrogen) atoms. The summed E-state index contributed by atoms with van der Waals surface area (Å²) >= 11 is 11.8. The molecule has 1 heterocycles. The number of rotatable bonds is 4. The number of nitrogens with two attached hydrogens (primary N) is 1. The minimum atomic E-state index is -0.686.